The van der Waals surface area contributed by atoms with E-state index in [1.54, 1.807) is 7.11 Å². The van der Waals surface area contributed by atoms with Gasteiger partial charge in [-0.1, -0.05) is 60.7 Å². The number of methoxy groups -OCH3 is 1. The van der Waals surface area contributed by atoms with Crippen molar-refractivity contribution in [2.75, 3.05) is 7.11 Å². The van der Waals surface area contributed by atoms with Gasteiger partial charge in [0, 0.05) is 6.07 Å². The number of halogens is 1. The summed E-state index contributed by atoms with van der Waals surface area (Å²) in [5.74, 6) is 1.72. The Morgan fingerprint density at radius 1 is 0.714 bits per heavy atom. The fourth-order valence-electron chi connectivity index (χ4n) is 3.74. The van der Waals surface area contributed by atoms with Crippen LogP contribution in [0.1, 0.15) is 11.1 Å². The molecule has 0 saturated heterocycles. The van der Waals surface area contributed by atoms with Crippen LogP contribution in [0.25, 0.3) is 45.2 Å². The summed E-state index contributed by atoms with van der Waals surface area (Å²) >= 11 is 0. The van der Waals surface area contributed by atoms with Gasteiger partial charge in [0.25, 0.3) is 0 Å². The van der Waals surface area contributed by atoms with E-state index >= 15 is 0 Å². The molecule has 0 fully saturated rings. The maximum absolute atomic E-state index is 8.49. The standard InChI is InChI=1S/C28H21O2.ClHO4/c1-29-24-16-12-20(13-17-24)11-14-23-19-26-25-10-6-5-7-21(25)15-18-27(26)30-28(23)22-8-3-2-4-9-22;2-1(3,4)5/h2-19H,1H3;(H,2,3,4,5)/q+1;/p-1. The van der Waals surface area contributed by atoms with Crippen LogP contribution in [-0.2, 0) is 0 Å². The molecule has 1 heterocycles. The Hall–Kier alpha value is -3.78. The fourth-order valence-corrected chi connectivity index (χ4v) is 3.74. The molecule has 0 bridgehead atoms. The quantitative estimate of drug-likeness (QED) is 0.284. The number of ether oxygens (including phenoxy) is 1. The molecule has 0 radical (unpaired) electrons. The summed E-state index contributed by atoms with van der Waals surface area (Å²) in [6.45, 7) is 0. The highest BCUT2D eigenvalue weighted by molar-refractivity contribution is 6.06. The maximum atomic E-state index is 8.49. The molecule has 0 spiro atoms. The Bertz CT molecular complexity index is 1450. The Labute approximate surface area is 204 Å². The van der Waals surface area contributed by atoms with Crippen molar-refractivity contribution >= 4 is 33.9 Å². The van der Waals surface area contributed by atoms with E-state index < -0.39 is 10.2 Å². The monoisotopic (exact) mass is 488 g/mol. The Morgan fingerprint density at radius 3 is 2.06 bits per heavy atom. The van der Waals surface area contributed by atoms with Crippen LogP contribution < -0.4 is 23.4 Å². The lowest BCUT2D eigenvalue weighted by Gasteiger charge is -2.17. The van der Waals surface area contributed by atoms with Crippen LogP contribution in [0.3, 0.4) is 0 Å². The zero-order valence-corrected chi connectivity index (χ0v) is 19.5. The average molecular weight is 489 g/mol. The van der Waals surface area contributed by atoms with Gasteiger partial charge in [0.2, 0.25) is 0 Å². The molecule has 5 aromatic rings. The van der Waals surface area contributed by atoms with Crippen LogP contribution in [0, 0.1) is 10.2 Å². The minimum atomic E-state index is -4.94. The topological polar surface area (TPSA) is 113 Å². The lowest BCUT2D eigenvalue weighted by atomic mass is 10.0. The molecule has 0 atom stereocenters. The van der Waals surface area contributed by atoms with E-state index in [4.69, 9.17) is 27.8 Å². The van der Waals surface area contributed by atoms with Gasteiger partial charge in [-0.05, 0) is 58.8 Å². The van der Waals surface area contributed by atoms with Crippen molar-refractivity contribution in [3.63, 3.8) is 0 Å². The smallest absolute Gasteiger partial charge is 0.367 e. The molecule has 7 heteroatoms. The highest BCUT2D eigenvalue weighted by atomic mass is 35.7. The summed E-state index contributed by atoms with van der Waals surface area (Å²) in [5, 5.41) is 3.51. The predicted molar refractivity (Wildman–Crippen MR) is 125 cm³/mol. The van der Waals surface area contributed by atoms with Gasteiger partial charge in [-0.25, -0.2) is 23.1 Å². The lowest BCUT2D eigenvalue weighted by molar-refractivity contribution is -2.00. The van der Waals surface area contributed by atoms with Crippen molar-refractivity contribution in [2.24, 2.45) is 0 Å². The first kappa shape index (κ1) is 24.3. The van der Waals surface area contributed by atoms with Crippen molar-refractivity contribution in [1.82, 2.24) is 0 Å². The molecular weight excluding hydrogens is 468 g/mol. The molecule has 0 saturated carbocycles. The molecular formula is C28H21ClO6. The van der Waals surface area contributed by atoms with Crippen LogP contribution in [0.15, 0.2) is 101 Å². The predicted octanol–water partition coefficient (Wildman–Crippen LogP) is 2.96. The third kappa shape index (κ3) is 6.42. The first-order valence-electron chi connectivity index (χ1n) is 10.6. The van der Waals surface area contributed by atoms with E-state index in [1.807, 2.05) is 42.5 Å². The van der Waals surface area contributed by atoms with E-state index in [9.17, 15) is 0 Å². The van der Waals surface area contributed by atoms with Crippen LogP contribution in [0.2, 0.25) is 0 Å². The third-order valence-electron chi connectivity index (χ3n) is 5.31. The van der Waals surface area contributed by atoms with Crippen molar-refractivity contribution < 1.29 is 38.0 Å². The molecule has 0 aliphatic rings. The fraction of sp³-hybridized carbons (Fsp3) is 0.0357. The number of hydrogen-bond acceptors (Lipinski definition) is 5. The highest BCUT2D eigenvalue weighted by Gasteiger charge is 2.21. The number of rotatable bonds is 4. The minimum Gasteiger partial charge on any atom is -0.497 e. The molecule has 0 N–H and O–H groups in total. The third-order valence-corrected chi connectivity index (χ3v) is 5.31. The maximum Gasteiger partial charge on any atom is 0.367 e. The second-order valence-corrected chi connectivity index (χ2v) is 8.34. The SMILES string of the molecule is COc1ccc(C=Cc2cc3c(ccc4ccccc43)[o+]c2-c2ccccc2)cc1.[O-][Cl+3]([O-])([O-])[O-]. The number of hydrogen-bond donors (Lipinski definition) is 0. The molecule has 1 aromatic heterocycles. The Kier molecular flexibility index (Phi) is 7.41. The van der Waals surface area contributed by atoms with Gasteiger partial charge in [0.05, 0.1) is 23.6 Å². The van der Waals surface area contributed by atoms with E-state index in [0.29, 0.717) is 0 Å². The van der Waals surface area contributed by atoms with Gasteiger partial charge in [-0.3, -0.25) is 0 Å². The van der Waals surface area contributed by atoms with E-state index in [1.165, 1.54) is 10.8 Å². The van der Waals surface area contributed by atoms with Crippen LogP contribution in [0.4, 0.5) is 0 Å². The summed E-state index contributed by atoms with van der Waals surface area (Å²) in [4.78, 5) is 0. The molecule has 4 aromatic carbocycles. The summed E-state index contributed by atoms with van der Waals surface area (Å²) in [6, 6.07) is 33.1. The molecule has 176 valence electrons. The van der Waals surface area contributed by atoms with Crippen molar-refractivity contribution in [2.45, 2.75) is 0 Å². The largest absolute Gasteiger partial charge is 0.497 e. The first-order chi connectivity index (χ1) is 16.8. The second-order valence-electron chi connectivity index (χ2n) is 7.58. The number of fused-ring (bicyclic) bond motifs is 3. The molecule has 0 aliphatic heterocycles. The van der Waals surface area contributed by atoms with Crippen LogP contribution >= 0.6 is 0 Å². The van der Waals surface area contributed by atoms with E-state index in [-0.39, 0.29) is 0 Å². The van der Waals surface area contributed by atoms with Gasteiger partial charge in [-0.2, -0.15) is 0 Å². The van der Waals surface area contributed by atoms with E-state index in [0.717, 1.165) is 39.2 Å². The summed E-state index contributed by atoms with van der Waals surface area (Å²) in [6.07, 6.45) is 4.22. The minimum absolute atomic E-state index is 0.851. The lowest BCUT2D eigenvalue weighted by Crippen LogP contribution is -2.68. The normalized spacial score (nSPS) is 11.5. The van der Waals surface area contributed by atoms with Crippen molar-refractivity contribution in [3.8, 4) is 17.1 Å². The van der Waals surface area contributed by atoms with Gasteiger partial charge >= 0.3 is 11.3 Å². The van der Waals surface area contributed by atoms with Gasteiger partial charge in [-0.15, -0.1) is 10.2 Å². The Morgan fingerprint density at radius 2 is 1.37 bits per heavy atom. The molecule has 5 rings (SSSR count). The van der Waals surface area contributed by atoms with Gasteiger partial charge in [0.15, 0.2) is 0 Å². The zero-order valence-electron chi connectivity index (χ0n) is 18.7. The summed E-state index contributed by atoms with van der Waals surface area (Å²) in [7, 11) is -3.27. The highest BCUT2D eigenvalue weighted by Crippen LogP contribution is 2.33. The van der Waals surface area contributed by atoms with Gasteiger partial charge in [0.1, 0.15) is 5.75 Å². The van der Waals surface area contributed by atoms with Crippen LogP contribution in [-0.4, -0.2) is 7.11 Å². The molecule has 35 heavy (non-hydrogen) atoms. The second kappa shape index (κ2) is 10.7. The summed E-state index contributed by atoms with van der Waals surface area (Å²) < 4.78 is 45.7. The average Bonchev–Trinajstić information content (AvgIpc) is 2.86. The zero-order chi connectivity index (χ0) is 24.8. The van der Waals surface area contributed by atoms with E-state index in [2.05, 4.69) is 66.7 Å². The van der Waals surface area contributed by atoms with Crippen LogP contribution in [0.5, 0.6) is 5.75 Å². The molecule has 6 nitrogen and oxygen atoms in total. The van der Waals surface area contributed by atoms with Crippen molar-refractivity contribution in [3.05, 3.63) is 108 Å². The molecule has 0 aliphatic carbocycles. The molecule has 0 amide bonds. The molecule has 0 unspecified atom stereocenters. The Balaban J connectivity index is 0.000000527. The first-order valence-corrected chi connectivity index (χ1v) is 11.8. The summed E-state index contributed by atoms with van der Waals surface area (Å²) in [5.41, 5.74) is 4.09. The van der Waals surface area contributed by atoms with Crippen molar-refractivity contribution in [1.29, 1.82) is 0 Å². The van der Waals surface area contributed by atoms with Gasteiger partial charge < -0.3 is 4.74 Å². The number of benzene rings is 4.